The molecule has 1 aliphatic rings. The zero-order valence-electron chi connectivity index (χ0n) is 18.7. The van der Waals surface area contributed by atoms with Crippen LogP contribution >= 0.6 is 0 Å². The molecule has 0 radical (unpaired) electrons. The van der Waals surface area contributed by atoms with E-state index < -0.39 is 17.2 Å². The van der Waals surface area contributed by atoms with E-state index in [1.807, 2.05) is 30.3 Å². The summed E-state index contributed by atoms with van der Waals surface area (Å²) in [5.41, 5.74) is 7.25. The number of benzene rings is 2. The van der Waals surface area contributed by atoms with Crippen LogP contribution in [0.2, 0.25) is 0 Å². The van der Waals surface area contributed by atoms with Crippen LogP contribution in [0.4, 0.5) is 11.5 Å². The summed E-state index contributed by atoms with van der Waals surface area (Å²) in [6, 6.07) is 18.2. The van der Waals surface area contributed by atoms with Crippen LogP contribution < -0.4 is 10.6 Å². The molecule has 1 amide bonds. The molecule has 2 aromatic carbocycles. The molecule has 0 spiro atoms. The molecule has 184 valence electrons. The highest BCUT2D eigenvalue weighted by Crippen LogP contribution is 2.19. The minimum absolute atomic E-state index is 0. The number of rotatable bonds is 6. The lowest BCUT2D eigenvalue weighted by Gasteiger charge is -2.37. The first kappa shape index (κ1) is 25.3. The molecule has 1 fully saturated rings. The molecule has 9 nitrogen and oxygen atoms in total. The van der Waals surface area contributed by atoms with Gasteiger partial charge in [0.1, 0.15) is 18.2 Å². The van der Waals surface area contributed by atoms with E-state index in [4.69, 9.17) is 5.73 Å². The Labute approximate surface area is 204 Å². The van der Waals surface area contributed by atoms with Gasteiger partial charge in [-0.05, 0) is 59.8 Å². The summed E-state index contributed by atoms with van der Waals surface area (Å²) in [5.74, 6) is 0.290. The van der Waals surface area contributed by atoms with E-state index in [1.54, 1.807) is 41.4 Å². The maximum absolute atomic E-state index is 12.5. The monoisotopic (exact) mass is 486 g/mol. The van der Waals surface area contributed by atoms with Gasteiger partial charge in [0, 0.05) is 45.8 Å². The van der Waals surface area contributed by atoms with Gasteiger partial charge < -0.3 is 25.2 Å². The van der Waals surface area contributed by atoms with Gasteiger partial charge in [-0.3, -0.25) is 9.00 Å². The van der Waals surface area contributed by atoms with E-state index in [0.717, 1.165) is 11.3 Å². The summed E-state index contributed by atoms with van der Waals surface area (Å²) in [4.78, 5) is 23.8. The molecule has 0 saturated carbocycles. The highest BCUT2D eigenvalue weighted by atomic mass is 32.2. The molecule has 1 saturated heterocycles. The standard InChI is InChI=1S/C20H24N2O4S.C4H5N3.2H2/c23-19(11-6-16-4-2-1-3-5-16)20(24)22-14-12-21(13-15-22)17-7-9-18(10-8-17)27(25)26;5-4-1-2-6-3-7-4;;/h1-5,7-10,19,23H,6,11-15H2,(H,25,26);1-3H,(H2,5,6,7);2*1H/p-1/t19-;;;/m1.../s1. The van der Waals surface area contributed by atoms with Crippen molar-refractivity contribution >= 4 is 28.5 Å². The number of piperazine rings is 1. The molecule has 0 bridgehead atoms. The molecule has 0 aliphatic carbocycles. The average molecular weight is 487 g/mol. The third-order valence-corrected chi connectivity index (χ3v) is 6.08. The number of nitrogens with two attached hydrogens (primary N) is 1. The third-order valence-electron chi connectivity index (χ3n) is 5.42. The van der Waals surface area contributed by atoms with Gasteiger partial charge in [0.05, 0.1) is 0 Å². The fourth-order valence-corrected chi connectivity index (χ4v) is 3.89. The normalized spacial score (nSPS) is 15.1. The highest BCUT2D eigenvalue weighted by molar-refractivity contribution is 7.79. The Balaban J connectivity index is 0.000000623. The van der Waals surface area contributed by atoms with Crippen molar-refractivity contribution in [1.29, 1.82) is 0 Å². The first-order valence-electron chi connectivity index (χ1n) is 10.9. The van der Waals surface area contributed by atoms with Crippen molar-refractivity contribution in [2.24, 2.45) is 0 Å². The van der Waals surface area contributed by atoms with Crippen molar-refractivity contribution < 1.29 is 21.5 Å². The second kappa shape index (κ2) is 12.8. The Morgan fingerprint density at radius 2 is 1.76 bits per heavy atom. The smallest absolute Gasteiger partial charge is 0.251 e. The lowest BCUT2D eigenvalue weighted by Crippen LogP contribution is -2.51. The molecule has 1 unspecified atom stereocenters. The predicted octanol–water partition coefficient (Wildman–Crippen LogP) is 2.12. The number of carbonyl (C=O) groups is 1. The number of aryl methyl sites for hydroxylation is 1. The molecule has 34 heavy (non-hydrogen) atoms. The Kier molecular flexibility index (Phi) is 9.51. The van der Waals surface area contributed by atoms with Crippen molar-refractivity contribution in [2.45, 2.75) is 23.8 Å². The van der Waals surface area contributed by atoms with Crippen molar-refractivity contribution in [1.82, 2.24) is 14.9 Å². The summed E-state index contributed by atoms with van der Waals surface area (Å²) < 4.78 is 21.9. The Morgan fingerprint density at radius 1 is 1.09 bits per heavy atom. The summed E-state index contributed by atoms with van der Waals surface area (Å²) >= 11 is -2.22. The van der Waals surface area contributed by atoms with Crippen LogP contribution in [0, 0.1) is 0 Å². The highest BCUT2D eigenvalue weighted by Gasteiger charge is 2.26. The third kappa shape index (κ3) is 7.62. The minimum Gasteiger partial charge on any atom is -0.768 e. The number of aromatic nitrogens is 2. The first-order valence-corrected chi connectivity index (χ1v) is 12.0. The van der Waals surface area contributed by atoms with Crippen molar-refractivity contribution in [2.75, 3.05) is 36.8 Å². The van der Waals surface area contributed by atoms with Gasteiger partial charge in [0.15, 0.2) is 0 Å². The SMILES string of the molecule is Nc1ccncn1.O=C([C@H](O)CCc1ccccc1)N1CCN(c2ccc(S(=O)[O-])cc2)CC1.[HH].[HH]. The second-order valence-electron chi connectivity index (χ2n) is 7.72. The van der Waals surface area contributed by atoms with Crippen LogP contribution in [0.1, 0.15) is 14.8 Å². The predicted molar refractivity (Wildman–Crippen MR) is 134 cm³/mol. The zero-order chi connectivity index (χ0) is 24.3. The van der Waals surface area contributed by atoms with Crippen LogP contribution in [0.3, 0.4) is 0 Å². The summed E-state index contributed by atoms with van der Waals surface area (Å²) in [6.45, 7) is 2.38. The summed E-state index contributed by atoms with van der Waals surface area (Å²) in [7, 11) is 0. The molecular weight excluding hydrogens is 454 g/mol. The van der Waals surface area contributed by atoms with Gasteiger partial charge >= 0.3 is 0 Å². The molecule has 3 aromatic rings. The Bertz CT molecular complexity index is 1060. The maximum atomic E-state index is 12.5. The minimum atomic E-state index is -2.22. The lowest BCUT2D eigenvalue weighted by molar-refractivity contribution is -0.140. The molecule has 2 heterocycles. The van der Waals surface area contributed by atoms with E-state index in [1.165, 1.54) is 6.33 Å². The molecule has 10 heteroatoms. The number of aliphatic hydroxyl groups is 1. The molecule has 2 atom stereocenters. The van der Waals surface area contributed by atoms with Crippen LogP contribution in [0.15, 0.2) is 78.1 Å². The van der Waals surface area contributed by atoms with E-state index in [0.29, 0.717) is 44.8 Å². The number of nitrogen functional groups attached to an aromatic ring is 1. The van der Waals surface area contributed by atoms with Gasteiger partial charge in [0.25, 0.3) is 5.91 Å². The van der Waals surface area contributed by atoms with Gasteiger partial charge in [-0.2, -0.15) is 0 Å². The second-order valence-corrected chi connectivity index (χ2v) is 8.66. The number of carbonyl (C=O) groups excluding carboxylic acids is 1. The van der Waals surface area contributed by atoms with E-state index in [-0.39, 0.29) is 13.7 Å². The van der Waals surface area contributed by atoms with Crippen LogP contribution in [-0.2, 0) is 22.3 Å². The van der Waals surface area contributed by atoms with Crippen molar-refractivity contribution in [3.8, 4) is 0 Å². The topological polar surface area (TPSA) is 136 Å². The number of anilines is 2. The first-order chi connectivity index (χ1) is 16.4. The number of nitrogens with zero attached hydrogens (tertiary/aromatic N) is 4. The molecule has 4 rings (SSSR count). The number of amides is 1. The number of aliphatic hydroxyl groups excluding tert-OH is 1. The van der Waals surface area contributed by atoms with Crippen molar-refractivity contribution in [3.63, 3.8) is 0 Å². The fraction of sp³-hybridized carbons (Fsp3) is 0.292. The van der Waals surface area contributed by atoms with Gasteiger partial charge in [-0.1, -0.05) is 30.3 Å². The zero-order valence-corrected chi connectivity index (χ0v) is 19.5. The van der Waals surface area contributed by atoms with E-state index >= 15 is 0 Å². The van der Waals surface area contributed by atoms with Crippen molar-refractivity contribution in [3.05, 3.63) is 78.8 Å². The Hall–Kier alpha value is -3.34. The van der Waals surface area contributed by atoms with E-state index in [9.17, 15) is 18.7 Å². The largest absolute Gasteiger partial charge is 0.768 e. The maximum Gasteiger partial charge on any atom is 0.251 e. The van der Waals surface area contributed by atoms with Crippen LogP contribution in [0.5, 0.6) is 0 Å². The summed E-state index contributed by atoms with van der Waals surface area (Å²) in [6.07, 6.45) is 3.11. The van der Waals surface area contributed by atoms with Gasteiger partial charge in [-0.25, -0.2) is 9.97 Å². The fourth-order valence-electron chi connectivity index (χ4n) is 3.54. The van der Waals surface area contributed by atoms with Gasteiger partial charge in [0.2, 0.25) is 0 Å². The number of hydrogen-bond acceptors (Lipinski definition) is 8. The average Bonchev–Trinajstić information content (AvgIpc) is 2.88. The van der Waals surface area contributed by atoms with Crippen LogP contribution in [0.25, 0.3) is 0 Å². The number of hydrogen-bond donors (Lipinski definition) is 2. The molecule has 1 aliphatic heterocycles. The quantitative estimate of drug-likeness (QED) is 0.506. The van der Waals surface area contributed by atoms with Gasteiger partial charge in [-0.15, -0.1) is 0 Å². The molecule has 3 N–H and O–H groups in total. The molecular formula is C24H32N5O4S-. The Morgan fingerprint density at radius 3 is 2.29 bits per heavy atom. The van der Waals surface area contributed by atoms with Crippen LogP contribution in [-0.4, -0.2) is 66.9 Å². The lowest BCUT2D eigenvalue weighted by atomic mass is 10.1. The summed E-state index contributed by atoms with van der Waals surface area (Å²) in [5, 5.41) is 10.2. The van der Waals surface area contributed by atoms with E-state index in [2.05, 4.69) is 14.9 Å². The molecule has 1 aromatic heterocycles.